The Balaban J connectivity index is 1.97. The van der Waals surface area contributed by atoms with E-state index in [2.05, 4.69) is 4.90 Å². The van der Waals surface area contributed by atoms with Crippen LogP contribution in [0.15, 0.2) is 0 Å². The fourth-order valence-electron chi connectivity index (χ4n) is 2.52. The SMILES string of the molecule is O=S(=O)(Cl)N1CCCC(N2CCCC2)C1. The van der Waals surface area contributed by atoms with E-state index in [0.717, 1.165) is 25.9 Å². The second kappa shape index (κ2) is 4.57. The Morgan fingerprint density at radius 3 is 2.33 bits per heavy atom. The second-order valence-corrected chi connectivity index (χ2v) is 6.85. The van der Waals surface area contributed by atoms with Gasteiger partial charge >= 0.3 is 0 Å². The predicted molar refractivity (Wildman–Crippen MR) is 60.2 cm³/mol. The first-order chi connectivity index (χ1) is 7.07. The molecule has 88 valence electrons. The molecule has 0 aliphatic carbocycles. The molecule has 4 nitrogen and oxygen atoms in total. The van der Waals surface area contributed by atoms with Crippen LogP contribution in [0.4, 0.5) is 0 Å². The lowest BCUT2D eigenvalue weighted by Gasteiger charge is -2.35. The number of likely N-dealkylation sites (tertiary alicyclic amines) is 1. The minimum Gasteiger partial charge on any atom is -0.299 e. The lowest BCUT2D eigenvalue weighted by Crippen LogP contribution is -2.47. The van der Waals surface area contributed by atoms with Crippen molar-refractivity contribution in [3.63, 3.8) is 0 Å². The molecule has 0 N–H and O–H groups in total. The smallest absolute Gasteiger partial charge is 0.299 e. The molecule has 0 spiro atoms. The molecule has 2 heterocycles. The molecule has 0 saturated carbocycles. The van der Waals surface area contributed by atoms with Gasteiger partial charge in [-0.25, -0.2) is 0 Å². The van der Waals surface area contributed by atoms with E-state index in [1.165, 1.54) is 17.1 Å². The van der Waals surface area contributed by atoms with Gasteiger partial charge in [0.15, 0.2) is 0 Å². The Hall–Kier alpha value is 0.160. The van der Waals surface area contributed by atoms with Crippen molar-refractivity contribution < 1.29 is 8.42 Å². The van der Waals surface area contributed by atoms with E-state index in [-0.39, 0.29) is 0 Å². The normalized spacial score (nSPS) is 30.9. The monoisotopic (exact) mass is 252 g/mol. The fraction of sp³-hybridized carbons (Fsp3) is 1.00. The third-order valence-electron chi connectivity index (χ3n) is 3.32. The molecule has 15 heavy (non-hydrogen) atoms. The summed E-state index contributed by atoms with van der Waals surface area (Å²) in [5, 5.41) is 0. The highest BCUT2D eigenvalue weighted by Gasteiger charge is 2.31. The molecule has 2 fully saturated rings. The van der Waals surface area contributed by atoms with Crippen molar-refractivity contribution in [1.82, 2.24) is 9.21 Å². The van der Waals surface area contributed by atoms with Crippen molar-refractivity contribution in [2.24, 2.45) is 0 Å². The maximum absolute atomic E-state index is 11.2. The molecule has 0 amide bonds. The molecule has 2 saturated heterocycles. The van der Waals surface area contributed by atoms with Gasteiger partial charge in [0.05, 0.1) is 0 Å². The molecular formula is C9H17ClN2O2S. The van der Waals surface area contributed by atoms with Crippen LogP contribution in [0.5, 0.6) is 0 Å². The van der Waals surface area contributed by atoms with Crippen LogP contribution in [0.25, 0.3) is 0 Å². The van der Waals surface area contributed by atoms with Crippen LogP contribution < -0.4 is 0 Å². The van der Waals surface area contributed by atoms with Crippen LogP contribution >= 0.6 is 10.7 Å². The fourth-order valence-corrected chi connectivity index (χ4v) is 3.60. The van der Waals surface area contributed by atoms with Crippen LogP contribution in [0.2, 0.25) is 0 Å². The topological polar surface area (TPSA) is 40.6 Å². The van der Waals surface area contributed by atoms with Gasteiger partial charge in [-0.1, -0.05) is 0 Å². The number of halogens is 1. The summed E-state index contributed by atoms with van der Waals surface area (Å²) in [4.78, 5) is 2.40. The van der Waals surface area contributed by atoms with Crippen molar-refractivity contribution >= 4 is 19.9 Å². The van der Waals surface area contributed by atoms with Crippen LogP contribution in [0.3, 0.4) is 0 Å². The largest absolute Gasteiger partial charge is 0.299 e. The molecule has 0 bridgehead atoms. The lowest BCUT2D eigenvalue weighted by molar-refractivity contribution is 0.163. The Kier molecular flexibility index (Phi) is 3.55. The van der Waals surface area contributed by atoms with Gasteiger partial charge in [0.2, 0.25) is 0 Å². The first kappa shape index (κ1) is 11.6. The van der Waals surface area contributed by atoms with E-state index in [0.29, 0.717) is 19.1 Å². The van der Waals surface area contributed by atoms with Gasteiger partial charge in [0, 0.05) is 29.8 Å². The molecular weight excluding hydrogens is 236 g/mol. The molecule has 0 radical (unpaired) electrons. The second-order valence-electron chi connectivity index (χ2n) is 4.34. The summed E-state index contributed by atoms with van der Waals surface area (Å²) in [6.07, 6.45) is 4.50. The molecule has 1 atom stereocenters. The van der Waals surface area contributed by atoms with Gasteiger partial charge < -0.3 is 0 Å². The summed E-state index contributed by atoms with van der Waals surface area (Å²) >= 11 is 0. The van der Waals surface area contributed by atoms with Gasteiger partial charge in [0.1, 0.15) is 0 Å². The molecule has 0 aromatic heterocycles. The number of hydrogen-bond acceptors (Lipinski definition) is 3. The standard InChI is InChI=1S/C9H17ClN2O2S/c10-15(13,14)12-7-3-4-9(8-12)11-5-1-2-6-11/h9H,1-8H2. The highest BCUT2D eigenvalue weighted by Crippen LogP contribution is 2.22. The summed E-state index contributed by atoms with van der Waals surface area (Å²) < 4.78 is 23.8. The Labute approximate surface area is 95.7 Å². The van der Waals surface area contributed by atoms with Gasteiger partial charge in [-0.05, 0) is 38.8 Å². The molecule has 2 aliphatic rings. The minimum absolute atomic E-state index is 0.384. The van der Waals surface area contributed by atoms with Crippen molar-refractivity contribution in [3.8, 4) is 0 Å². The van der Waals surface area contributed by atoms with E-state index in [1.54, 1.807) is 0 Å². The zero-order valence-corrected chi connectivity index (χ0v) is 10.3. The summed E-state index contributed by atoms with van der Waals surface area (Å²) in [6.45, 7) is 3.38. The van der Waals surface area contributed by atoms with Gasteiger partial charge in [-0.15, -0.1) is 0 Å². The number of nitrogens with zero attached hydrogens (tertiary/aromatic N) is 2. The molecule has 2 aliphatic heterocycles. The summed E-state index contributed by atoms with van der Waals surface area (Å²) in [7, 11) is 1.85. The number of hydrogen-bond donors (Lipinski definition) is 0. The number of rotatable bonds is 2. The van der Waals surface area contributed by atoms with E-state index in [9.17, 15) is 8.42 Å². The van der Waals surface area contributed by atoms with Crippen molar-refractivity contribution in [2.75, 3.05) is 26.2 Å². The Morgan fingerprint density at radius 2 is 1.73 bits per heavy atom. The van der Waals surface area contributed by atoms with Crippen LogP contribution in [-0.4, -0.2) is 49.8 Å². The average molecular weight is 253 g/mol. The van der Waals surface area contributed by atoms with E-state index in [1.807, 2.05) is 0 Å². The average Bonchev–Trinajstić information content (AvgIpc) is 2.69. The predicted octanol–water partition coefficient (Wildman–Crippen LogP) is 1.03. The summed E-state index contributed by atoms with van der Waals surface area (Å²) in [6, 6.07) is 0.384. The molecule has 0 aromatic rings. The lowest BCUT2D eigenvalue weighted by atomic mass is 10.1. The van der Waals surface area contributed by atoms with Crippen molar-refractivity contribution in [1.29, 1.82) is 0 Å². The van der Waals surface area contributed by atoms with Crippen molar-refractivity contribution in [2.45, 2.75) is 31.7 Å². The maximum Gasteiger partial charge on any atom is 0.299 e. The van der Waals surface area contributed by atoms with Crippen LogP contribution in [0.1, 0.15) is 25.7 Å². The summed E-state index contributed by atoms with van der Waals surface area (Å²) in [5.41, 5.74) is 0. The Bertz CT molecular complexity index is 314. The first-order valence-electron chi connectivity index (χ1n) is 5.51. The number of piperidine rings is 1. The van der Waals surface area contributed by atoms with Gasteiger partial charge in [-0.3, -0.25) is 4.90 Å². The quantitative estimate of drug-likeness (QED) is 0.690. The van der Waals surface area contributed by atoms with Gasteiger partial charge in [-0.2, -0.15) is 12.7 Å². The minimum atomic E-state index is -3.51. The zero-order valence-electron chi connectivity index (χ0n) is 8.73. The van der Waals surface area contributed by atoms with E-state index >= 15 is 0 Å². The molecule has 2 rings (SSSR count). The van der Waals surface area contributed by atoms with Crippen molar-refractivity contribution in [3.05, 3.63) is 0 Å². The van der Waals surface area contributed by atoms with Crippen LogP contribution in [-0.2, 0) is 9.24 Å². The van der Waals surface area contributed by atoms with E-state index in [4.69, 9.17) is 10.7 Å². The van der Waals surface area contributed by atoms with Crippen LogP contribution in [0, 0.1) is 0 Å². The Morgan fingerprint density at radius 1 is 1.07 bits per heavy atom. The molecule has 0 aromatic carbocycles. The molecule has 6 heteroatoms. The maximum atomic E-state index is 11.2. The third-order valence-corrected chi connectivity index (χ3v) is 4.86. The zero-order chi connectivity index (χ0) is 10.9. The highest BCUT2D eigenvalue weighted by molar-refractivity contribution is 8.11. The summed E-state index contributed by atoms with van der Waals surface area (Å²) in [5.74, 6) is 0. The first-order valence-corrected chi connectivity index (χ1v) is 7.78. The third kappa shape index (κ3) is 2.84. The van der Waals surface area contributed by atoms with E-state index < -0.39 is 9.24 Å². The highest BCUT2D eigenvalue weighted by atomic mass is 35.7. The van der Waals surface area contributed by atoms with Gasteiger partial charge in [0.25, 0.3) is 9.24 Å². The molecule has 1 unspecified atom stereocenters.